The second-order valence-corrected chi connectivity index (χ2v) is 7.43. The van der Waals surface area contributed by atoms with E-state index in [2.05, 4.69) is 20.6 Å². The third-order valence-electron chi connectivity index (χ3n) is 3.78. The second kappa shape index (κ2) is 8.12. The van der Waals surface area contributed by atoms with Gasteiger partial charge in [0.1, 0.15) is 11.4 Å². The summed E-state index contributed by atoms with van der Waals surface area (Å²) in [7, 11) is 0. The van der Waals surface area contributed by atoms with Gasteiger partial charge in [0.15, 0.2) is 10.3 Å². The molecular formula is C20H14N4O2S2. The Morgan fingerprint density at radius 2 is 1.04 bits per heavy atom. The predicted molar refractivity (Wildman–Crippen MR) is 112 cm³/mol. The van der Waals surface area contributed by atoms with E-state index < -0.39 is 0 Å². The van der Waals surface area contributed by atoms with Gasteiger partial charge in [0.25, 0.3) is 11.8 Å². The highest BCUT2D eigenvalue weighted by atomic mass is 32.1. The minimum Gasteiger partial charge on any atom is -0.298 e. The van der Waals surface area contributed by atoms with E-state index in [1.54, 1.807) is 24.3 Å². The molecule has 2 aromatic carbocycles. The molecule has 4 rings (SSSR count). The molecule has 0 fully saturated rings. The highest BCUT2D eigenvalue weighted by Gasteiger charge is 2.13. The van der Waals surface area contributed by atoms with E-state index in [0.29, 0.717) is 32.8 Å². The fourth-order valence-electron chi connectivity index (χ4n) is 2.42. The zero-order chi connectivity index (χ0) is 19.3. The molecular weight excluding hydrogens is 392 g/mol. The van der Waals surface area contributed by atoms with Crippen molar-refractivity contribution in [2.45, 2.75) is 0 Å². The second-order valence-electron chi connectivity index (χ2n) is 5.72. The van der Waals surface area contributed by atoms with Gasteiger partial charge >= 0.3 is 0 Å². The fourth-order valence-corrected chi connectivity index (χ4v) is 3.81. The zero-order valence-corrected chi connectivity index (χ0v) is 16.1. The molecule has 0 bridgehead atoms. The summed E-state index contributed by atoms with van der Waals surface area (Å²) in [6, 6.07) is 17.9. The predicted octanol–water partition coefficient (Wildman–Crippen LogP) is 4.77. The van der Waals surface area contributed by atoms with Gasteiger partial charge in [0.2, 0.25) is 0 Å². The van der Waals surface area contributed by atoms with Crippen LogP contribution < -0.4 is 10.6 Å². The smallest absolute Gasteiger partial charge is 0.257 e. The van der Waals surface area contributed by atoms with Crippen molar-refractivity contribution < 1.29 is 9.59 Å². The molecule has 2 aromatic heterocycles. The molecule has 0 unspecified atom stereocenters. The van der Waals surface area contributed by atoms with Gasteiger partial charge in [-0.25, -0.2) is 9.97 Å². The molecule has 0 aliphatic heterocycles. The fraction of sp³-hybridized carbons (Fsp3) is 0. The topological polar surface area (TPSA) is 84.0 Å². The van der Waals surface area contributed by atoms with Gasteiger partial charge in [-0.15, -0.1) is 22.7 Å². The minimum absolute atomic E-state index is 0.212. The van der Waals surface area contributed by atoms with Crippen molar-refractivity contribution >= 4 is 44.8 Å². The molecule has 0 spiro atoms. The molecule has 0 saturated heterocycles. The molecule has 8 heteroatoms. The van der Waals surface area contributed by atoms with Crippen molar-refractivity contribution in [2.24, 2.45) is 0 Å². The normalized spacial score (nSPS) is 10.4. The van der Waals surface area contributed by atoms with Gasteiger partial charge in [0.05, 0.1) is 0 Å². The molecule has 0 aliphatic rings. The Bertz CT molecular complexity index is 1020. The summed E-state index contributed by atoms with van der Waals surface area (Å²) in [5.41, 5.74) is 2.42. The number of thiazole rings is 2. The molecule has 2 heterocycles. The Kier molecular flexibility index (Phi) is 5.22. The summed E-state index contributed by atoms with van der Waals surface area (Å²) in [5, 5.41) is 10.2. The maximum Gasteiger partial charge on any atom is 0.257 e. The van der Waals surface area contributed by atoms with Crippen molar-refractivity contribution in [1.29, 1.82) is 0 Å². The maximum atomic E-state index is 12.2. The molecule has 0 saturated carbocycles. The number of anilines is 2. The quantitative estimate of drug-likeness (QED) is 0.500. The zero-order valence-electron chi connectivity index (χ0n) is 14.5. The Morgan fingerprint density at radius 3 is 1.43 bits per heavy atom. The van der Waals surface area contributed by atoms with Gasteiger partial charge in [0, 0.05) is 21.9 Å². The van der Waals surface area contributed by atoms with Gasteiger partial charge < -0.3 is 0 Å². The Balaban J connectivity index is 1.43. The SMILES string of the molecule is O=C(Nc1nc(-c2csc(NC(=O)c3ccccc3)n2)cs1)c1ccccc1. The summed E-state index contributed by atoms with van der Waals surface area (Å²) < 4.78 is 0. The average Bonchev–Trinajstić information content (AvgIpc) is 3.39. The Hall–Kier alpha value is -3.36. The minimum atomic E-state index is -0.212. The van der Waals surface area contributed by atoms with Gasteiger partial charge in [-0.1, -0.05) is 36.4 Å². The highest BCUT2D eigenvalue weighted by Crippen LogP contribution is 2.28. The van der Waals surface area contributed by atoms with Crippen LogP contribution in [-0.4, -0.2) is 21.8 Å². The van der Waals surface area contributed by atoms with Crippen LogP contribution in [0.25, 0.3) is 11.4 Å². The van der Waals surface area contributed by atoms with Crippen LogP contribution in [0.4, 0.5) is 10.3 Å². The largest absolute Gasteiger partial charge is 0.298 e. The summed E-state index contributed by atoms with van der Waals surface area (Å²) >= 11 is 2.64. The number of carbonyl (C=O) groups is 2. The van der Waals surface area contributed by atoms with E-state index >= 15 is 0 Å². The van der Waals surface area contributed by atoms with Crippen LogP contribution in [0.2, 0.25) is 0 Å². The maximum absolute atomic E-state index is 12.2. The molecule has 2 N–H and O–H groups in total. The molecule has 6 nitrogen and oxygen atoms in total. The van der Waals surface area contributed by atoms with Crippen LogP contribution in [0.1, 0.15) is 20.7 Å². The molecule has 138 valence electrons. The highest BCUT2D eigenvalue weighted by molar-refractivity contribution is 7.15. The summed E-state index contributed by atoms with van der Waals surface area (Å²) in [6.45, 7) is 0. The van der Waals surface area contributed by atoms with Crippen LogP contribution >= 0.6 is 22.7 Å². The van der Waals surface area contributed by atoms with Crippen molar-refractivity contribution in [3.63, 3.8) is 0 Å². The van der Waals surface area contributed by atoms with Gasteiger partial charge in [-0.3, -0.25) is 20.2 Å². The molecule has 28 heavy (non-hydrogen) atoms. The average molecular weight is 406 g/mol. The lowest BCUT2D eigenvalue weighted by Crippen LogP contribution is -2.11. The van der Waals surface area contributed by atoms with E-state index in [4.69, 9.17) is 0 Å². The number of hydrogen-bond acceptors (Lipinski definition) is 6. The number of rotatable bonds is 5. The number of nitrogens with zero attached hydrogens (tertiary/aromatic N) is 2. The van der Waals surface area contributed by atoms with E-state index in [-0.39, 0.29) is 11.8 Å². The van der Waals surface area contributed by atoms with Crippen molar-refractivity contribution in [2.75, 3.05) is 10.6 Å². The first-order valence-corrected chi connectivity index (χ1v) is 10.1. The van der Waals surface area contributed by atoms with Crippen molar-refractivity contribution in [3.8, 4) is 11.4 Å². The van der Waals surface area contributed by atoms with Crippen LogP contribution in [0.3, 0.4) is 0 Å². The molecule has 4 aromatic rings. The third-order valence-corrected chi connectivity index (χ3v) is 5.30. The van der Waals surface area contributed by atoms with Crippen LogP contribution in [0.5, 0.6) is 0 Å². The number of benzene rings is 2. The Morgan fingerprint density at radius 1 is 0.643 bits per heavy atom. The summed E-state index contributed by atoms with van der Waals surface area (Å²) in [4.78, 5) is 33.3. The molecule has 0 radical (unpaired) electrons. The van der Waals surface area contributed by atoms with E-state index in [0.717, 1.165) is 0 Å². The monoisotopic (exact) mass is 406 g/mol. The van der Waals surface area contributed by atoms with Crippen molar-refractivity contribution in [3.05, 3.63) is 82.6 Å². The van der Waals surface area contributed by atoms with Crippen LogP contribution in [-0.2, 0) is 0 Å². The van der Waals surface area contributed by atoms with E-state index in [1.807, 2.05) is 47.2 Å². The molecule has 0 atom stereocenters. The first-order valence-electron chi connectivity index (χ1n) is 8.33. The van der Waals surface area contributed by atoms with Crippen LogP contribution in [0, 0.1) is 0 Å². The standard InChI is InChI=1S/C20H14N4O2S2/c25-17(13-7-3-1-4-8-13)23-19-21-15(11-27-19)16-12-28-20(22-16)24-18(26)14-9-5-2-6-10-14/h1-12H,(H,21,23,25)(H,22,24,26). The van der Waals surface area contributed by atoms with E-state index in [1.165, 1.54) is 22.7 Å². The first kappa shape index (κ1) is 18.0. The van der Waals surface area contributed by atoms with E-state index in [9.17, 15) is 9.59 Å². The lowest BCUT2D eigenvalue weighted by Gasteiger charge is -2.01. The summed E-state index contributed by atoms with van der Waals surface area (Å²) in [5.74, 6) is -0.425. The number of aromatic nitrogens is 2. The lowest BCUT2D eigenvalue weighted by atomic mass is 10.2. The van der Waals surface area contributed by atoms with Crippen LogP contribution in [0.15, 0.2) is 71.4 Å². The van der Waals surface area contributed by atoms with Gasteiger partial charge in [-0.05, 0) is 24.3 Å². The van der Waals surface area contributed by atoms with Crippen molar-refractivity contribution in [1.82, 2.24) is 9.97 Å². The van der Waals surface area contributed by atoms with Gasteiger partial charge in [-0.2, -0.15) is 0 Å². The number of nitrogens with one attached hydrogen (secondary N) is 2. The number of amides is 2. The first-order chi connectivity index (χ1) is 13.7. The summed E-state index contributed by atoms with van der Waals surface area (Å²) in [6.07, 6.45) is 0. The Labute approximate surface area is 168 Å². The number of carbonyl (C=O) groups excluding carboxylic acids is 2. The number of hydrogen-bond donors (Lipinski definition) is 2. The lowest BCUT2D eigenvalue weighted by molar-refractivity contribution is 0.101. The molecule has 2 amide bonds. The molecule has 0 aliphatic carbocycles. The third kappa shape index (κ3) is 4.13.